The van der Waals surface area contributed by atoms with Crippen molar-refractivity contribution in [3.05, 3.63) is 33.4 Å². The van der Waals surface area contributed by atoms with Gasteiger partial charge in [-0.25, -0.2) is 4.79 Å². The monoisotopic (exact) mass is 360 g/mol. The smallest absolute Gasteiger partial charge is 0.410 e. The molecular weight excluding hydrogens is 332 g/mol. The second-order valence-corrected chi connectivity index (χ2v) is 7.94. The third-order valence-corrected chi connectivity index (χ3v) is 4.77. The van der Waals surface area contributed by atoms with Crippen molar-refractivity contribution in [3.8, 4) is 0 Å². The molecule has 0 spiro atoms. The molecule has 1 atom stereocenters. The van der Waals surface area contributed by atoms with Gasteiger partial charge >= 0.3 is 6.09 Å². The molecule has 3 rings (SSSR count). The van der Waals surface area contributed by atoms with E-state index in [9.17, 15) is 9.59 Å². The highest BCUT2D eigenvalue weighted by Gasteiger charge is 2.33. The van der Waals surface area contributed by atoms with Crippen LogP contribution in [0.2, 0.25) is 0 Å². The molecule has 142 valence electrons. The summed E-state index contributed by atoms with van der Waals surface area (Å²) in [6, 6.07) is 1.71. The Labute approximate surface area is 153 Å². The number of aromatic amines is 1. The molecule has 0 unspecified atom stereocenters. The number of piperidine rings is 1. The lowest BCUT2D eigenvalue weighted by molar-refractivity contribution is 0.00897. The number of hydrogen-bond acceptors (Lipinski definition) is 4. The van der Waals surface area contributed by atoms with Gasteiger partial charge in [-0.05, 0) is 53.4 Å². The summed E-state index contributed by atoms with van der Waals surface area (Å²) in [7, 11) is 0. The zero-order valence-corrected chi connectivity index (χ0v) is 16.3. The Kier molecular flexibility index (Phi) is 4.82. The van der Waals surface area contributed by atoms with E-state index < -0.39 is 5.60 Å². The van der Waals surface area contributed by atoms with E-state index in [1.165, 1.54) is 4.52 Å². The van der Waals surface area contributed by atoms with E-state index in [1.54, 1.807) is 4.90 Å². The van der Waals surface area contributed by atoms with Gasteiger partial charge in [0, 0.05) is 23.9 Å². The van der Waals surface area contributed by atoms with Crippen LogP contribution < -0.4 is 5.56 Å². The first kappa shape index (κ1) is 18.5. The number of carbonyl (C=O) groups is 1. The number of ether oxygens (including phenoxy) is 1. The Morgan fingerprint density at radius 2 is 2.12 bits per heavy atom. The predicted molar refractivity (Wildman–Crippen MR) is 99.5 cm³/mol. The average molecular weight is 360 g/mol. The minimum Gasteiger partial charge on any atom is -0.444 e. The molecule has 0 aromatic carbocycles. The van der Waals surface area contributed by atoms with Crippen molar-refractivity contribution in [2.24, 2.45) is 0 Å². The first-order valence-electron chi connectivity index (χ1n) is 9.32. The SMILES string of the molecule is CCc1c(C)[nH]c2cc([C@@H]3CCCCN3C(=O)OC(C)(C)C)nn2c1=O. The maximum Gasteiger partial charge on any atom is 0.410 e. The Morgan fingerprint density at radius 3 is 2.77 bits per heavy atom. The number of nitrogens with one attached hydrogen (secondary N) is 1. The fraction of sp³-hybridized carbons (Fsp3) is 0.632. The van der Waals surface area contributed by atoms with Crippen LogP contribution in [-0.4, -0.2) is 37.7 Å². The van der Waals surface area contributed by atoms with Crippen LogP contribution >= 0.6 is 0 Å². The third-order valence-electron chi connectivity index (χ3n) is 4.77. The maximum atomic E-state index is 12.7. The summed E-state index contributed by atoms with van der Waals surface area (Å²) in [6.07, 6.45) is 3.11. The minimum absolute atomic E-state index is 0.0929. The molecule has 7 heteroatoms. The number of hydrogen-bond donors (Lipinski definition) is 1. The third kappa shape index (κ3) is 3.48. The van der Waals surface area contributed by atoms with E-state index >= 15 is 0 Å². The Hall–Kier alpha value is -2.31. The fourth-order valence-corrected chi connectivity index (χ4v) is 3.56. The molecule has 1 saturated heterocycles. The zero-order chi connectivity index (χ0) is 19.1. The van der Waals surface area contributed by atoms with Gasteiger partial charge in [-0.2, -0.15) is 9.61 Å². The highest BCUT2D eigenvalue weighted by Crippen LogP contribution is 2.31. The summed E-state index contributed by atoms with van der Waals surface area (Å²) in [5, 5.41) is 4.54. The van der Waals surface area contributed by atoms with Crippen molar-refractivity contribution >= 4 is 11.7 Å². The van der Waals surface area contributed by atoms with Gasteiger partial charge in [-0.1, -0.05) is 6.92 Å². The van der Waals surface area contributed by atoms with E-state index in [2.05, 4.69) is 10.1 Å². The first-order chi connectivity index (χ1) is 12.2. The summed E-state index contributed by atoms with van der Waals surface area (Å²) in [6.45, 7) is 10.1. The lowest BCUT2D eigenvalue weighted by atomic mass is 10.00. The lowest BCUT2D eigenvalue weighted by Gasteiger charge is -2.35. The highest BCUT2D eigenvalue weighted by atomic mass is 16.6. The topological polar surface area (TPSA) is 79.7 Å². The molecule has 3 heterocycles. The van der Waals surface area contributed by atoms with Gasteiger partial charge in [0.05, 0.1) is 11.7 Å². The molecular formula is C19H28N4O3. The summed E-state index contributed by atoms with van der Waals surface area (Å²) < 4.78 is 6.98. The van der Waals surface area contributed by atoms with Crippen LogP contribution in [0.15, 0.2) is 10.9 Å². The van der Waals surface area contributed by atoms with Crippen LogP contribution in [0.4, 0.5) is 4.79 Å². The van der Waals surface area contributed by atoms with E-state index in [-0.39, 0.29) is 17.7 Å². The van der Waals surface area contributed by atoms with Crippen LogP contribution in [0.25, 0.3) is 5.65 Å². The van der Waals surface area contributed by atoms with E-state index in [1.807, 2.05) is 40.7 Å². The average Bonchev–Trinajstić information content (AvgIpc) is 2.97. The molecule has 1 N–H and O–H groups in total. The number of nitrogens with zero attached hydrogens (tertiary/aromatic N) is 3. The second-order valence-electron chi connectivity index (χ2n) is 7.94. The van der Waals surface area contributed by atoms with Gasteiger partial charge in [0.1, 0.15) is 11.2 Å². The Bertz CT molecular complexity index is 875. The van der Waals surface area contributed by atoms with E-state index in [0.29, 0.717) is 18.6 Å². The first-order valence-corrected chi connectivity index (χ1v) is 9.32. The number of aromatic nitrogens is 3. The lowest BCUT2D eigenvalue weighted by Crippen LogP contribution is -2.42. The second kappa shape index (κ2) is 6.78. The largest absolute Gasteiger partial charge is 0.444 e. The van der Waals surface area contributed by atoms with Crippen LogP contribution in [0, 0.1) is 6.92 Å². The molecule has 1 fully saturated rings. The van der Waals surface area contributed by atoms with E-state index in [0.717, 1.165) is 36.2 Å². The van der Waals surface area contributed by atoms with Gasteiger partial charge in [0.2, 0.25) is 0 Å². The maximum absolute atomic E-state index is 12.7. The molecule has 0 bridgehead atoms. The molecule has 7 nitrogen and oxygen atoms in total. The zero-order valence-electron chi connectivity index (χ0n) is 16.3. The molecule has 0 aliphatic carbocycles. The predicted octanol–water partition coefficient (Wildman–Crippen LogP) is 3.36. The summed E-state index contributed by atoms with van der Waals surface area (Å²) in [5.41, 5.74) is 2.36. The van der Waals surface area contributed by atoms with Gasteiger partial charge in [0.25, 0.3) is 5.56 Å². The number of likely N-dealkylation sites (tertiary alicyclic amines) is 1. The molecule has 0 radical (unpaired) electrons. The number of rotatable bonds is 2. The van der Waals surface area contributed by atoms with Crippen molar-refractivity contribution in [3.63, 3.8) is 0 Å². The van der Waals surface area contributed by atoms with Crippen LogP contribution in [0.5, 0.6) is 0 Å². The quantitative estimate of drug-likeness (QED) is 0.890. The molecule has 2 aromatic rings. The normalized spacial score (nSPS) is 18.3. The molecule has 1 amide bonds. The van der Waals surface area contributed by atoms with Gasteiger partial charge < -0.3 is 9.72 Å². The number of H-pyrrole nitrogens is 1. The molecule has 2 aromatic heterocycles. The van der Waals surface area contributed by atoms with Crippen molar-refractivity contribution in [2.75, 3.05) is 6.54 Å². The number of carbonyl (C=O) groups excluding carboxylic acids is 1. The summed E-state index contributed by atoms with van der Waals surface area (Å²) in [5.74, 6) is 0. The van der Waals surface area contributed by atoms with Crippen LogP contribution in [0.3, 0.4) is 0 Å². The number of aryl methyl sites for hydroxylation is 1. The number of fused-ring (bicyclic) bond motifs is 1. The van der Waals surface area contributed by atoms with Crippen LogP contribution in [0.1, 0.15) is 70.0 Å². The molecule has 1 aliphatic rings. The number of amides is 1. The molecule has 26 heavy (non-hydrogen) atoms. The summed E-state index contributed by atoms with van der Waals surface area (Å²) in [4.78, 5) is 30.3. The van der Waals surface area contributed by atoms with Crippen molar-refractivity contribution in [1.82, 2.24) is 19.5 Å². The molecule has 0 saturated carbocycles. The Morgan fingerprint density at radius 1 is 1.38 bits per heavy atom. The fourth-order valence-electron chi connectivity index (χ4n) is 3.56. The van der Waals surface area contributed by atoms with Crippen molar-refractivity contribution in [2.45, 2.75) is 71.9 Å². The Balaban J connectivity index is 1.99. The van der Waals surface area contributed by atoms with Gasteiger partial charge in [-0.3, -0.25) is 9.69 Å². The van der Waals surface area contributed by atoms with Gasteiger partial charge in [0.15, 0.2) is 0 Å². The van der Waals surface area contributed by atoms with Crippen LogP contribution in [-0.2, 0) is 11.2 Å². The minimum atomic E-state index is -0.541. The summed E-state index contributed by atoms with van der Waals surface area (Å²) >= 11 is 0. The van der Waals surface area contributed by atoms with Crippen molar-refractivity contribution < 1.29 is 9.53 Å². The highest BCUT2D eigenvalue weighted by molar-refractivity contribution is 5.69. The standard InChI is InChI=1S/C19H28N4O3/c1-6-13-12(2)20-16-11-14(21-23(16)17(13)24)15-9-7-8-10-22(15)18(25)26-19(3,4)5/h11,15,20H,6-10H2,1-5H3/t15-/m0/s1. The molecule has 1 aliphatic heterocycles. The van der Waals surface area contributed by atoms with Crippen molar-refractivity contribution in [1.29, 1.82) is 0 Å². The van der Waals surface area contributed by atoms with Gasteiger partial charge in [-0.15, -0.1) is 0 Å². The van der Waals surface area contributed by atoms with E-state index in [4.69, 9.17) is 4.74 Å².